The molecule has 4 aromatic rings. The summed E-state index contributed by atoms with van der Waals surface area (Å²) in [5.74, 6) is 0.00855. The van der Waals surface area contributed by atoms with Gasteiger partial charge in [-0.25, -0.2) is 18.8 Å². The zero-order chi connectivity index (χ0) is 34.3. The number of alkyl halides is 3. The number of halogens is 3. The van der Waals surface area contributed by atoms with E-state index in [1.807, 2.05) is 34.1 Å². The third-order valence-corrected chi connectivity index (χ3v) is 8.28. The Hall–Kier alpha value is -5.16. The molecule has 0 saturated carbocycles. The molecule has 47 heavy (non-hydrogen) atoms. The largest absolute Gasteiger partial charge is 0.416 e. The van der Waals surface area contributed by atoms with E-state index >= 15 is 0 Å². The van der Waals surface area contributed by atoms with Gasteiger partial charge in [0.15, 0.2) is 6.54 Å². The number of piperidine rings is 1. The van der Waals surface area contributed by atoms with Crippen LogP contribution in [0.5, 0.6) is 0 Å². The quantitative estimate of drug-likeness (QED) is 0.312. The Kier molecular flexibility index (Phi) is 8.63. The summed E-state index contributed by atoms with van der Waals surface area (Å²) < 4.78 is 45.0. The van der Waals surface area contributed by atoms with Crippen LogP contribution in [0, 0.1) is 18.3 Å². The minimum atomic E-state index is -4.65. The van der Waals surface area contributed by atoms with Crippen molar-refractivity contribution < 1.29 is 27.2 Å². The van der Waals surface area contributed by atoms with Gasteiger partial charge < -0.3 is 14.7 Å². The minimum Gasteiger partial charge on any atom is -0.338 e. The molecule has 1 fully saturated rings. The number of benzene rings is 2. The maximum absolute atomic E-state index is 14.1. The van der Waals surface area contributed by atoms with Gasteiger partial charge in [-0.3, -0.25) is 9.36 Å². The number of carbonyl (C=O) groups is 2. The van der Waals surface area contributed by atoms with E-state index in [-0.39, 0.29) is 23.0 Å². The number of nitrogens with one attached hydrogen (secondary N) is 1. The minimum absolute atomic E-state index is 0.00855. The molecule has 1 N–H and O–H groups in total. The van der Waals surface area contributed by atoms with Gasteiger partial charge in [0.05, 0.1) is 67.3 Å². The summed E-state index contributed by atoms with van der Waals surface area (Å²) in [6.07, 6.45) is -2.31. The van der Waals surface area contributed by atoms with Crippen LogP contribution in [0.15, 0.2) is 65.6 Å². The Balaban J connectivity index is 1.57. The third kappa shape index (κ3) is 6.85. The lowest BCUT2D eigenvalue weighted by molar-refractivity contribution is -0.862. The molecule has 0 spiro atoms. The maximum Gasteiger partial charge on any atom is 0.416 e. The Morgan fingerprint density at radius 2 is 1.70 bits per heavy atom. The van der Waals surface area contributed by atoms with Gasteiger partial charge in [0.25, 0.3) is 5.91 Å². The van der Waals surface area contributed by atoms with Crippen molar-refractivity contribution in [3.8, 4) is 28.8 Å². The van der Waals surface area contributed by atoms with Crippen LogP contribution in [0.3, 0.4) is 0 Å². The molecule has 0 unspecified atom stereocenters. The van der Waals surface area contributed by atoms with Crippen molar-refractivity contribution in [3.05, 3.63) is 88.1 Å². The lowest BCUT2D eigenvalue weighted by Crippen LogP contribution is -2.57. The molecular weight excluding hydrogens is 613 g/mol. The first-order chi connectivity index (χ1) is 22.0. The standard InChI is InChI=1S/C33H35F3N8O3/c1-22-29(27-13-16-38-43(27)25-11-9-23(20-37)10-12-25)42(31(47)41(22)26-8-6-7-24(19-26)33(34,35)36)30(46)39-32(2)14-17-40(18-15-32)28(45)21-44(3,4)5/h6-13,16,19H,14-15,17-18,21H2,1-5H3/p+1. The smallest absolute Gasteiger partial charge is 0.338 e. The van der Waals surface area contributed by atoms with Gasteiger partial charge in [0, 0.05) is 18.6 Å². The fourth-order valence-electron chi connectivity index (χ4n) is 5.78. The van der Waals surface area contributed by atoms with E-state index < -0.39 is 29.0 Å². The van der Waals surface area contributed by atoms with Gasteiger partial charge in [-0.05, 0) is 75.2 Å². The Morgan fingerprint density at radius 1 is 1.04 bits per heavy atom. The van der Waals surface area contributed by atoms with Crippen molar-refractivity contribution in [1.29, 1.82) is 5.26 Å². The molecule has 2 aromatic carbocycles. The topological polar surface area (TPSA) is 118 Å². The number of nitriles is 1. The summed E-state index contributed by atoms with van der Waals surface area (Å²) >= 11 is 0. The van der Waals surface area contributed by atoms with Crippen molar-refractivity contribution in [2.75, 3.05) is 40.8 Å². The monoisotopic (exact) mass is 649 g/mol. The van der Waals surface area contributed by atoms with Crippen LogP contribution in [0.1, 0.15) is 36.6 Å². The van der Waals surface area contributed by atoms with Crippen LogP contribution in [-0.4, -0.2) is 86.6 Å². The van der Waals surface area contributed by atoms with Crippen LogP contribution < -0.4 is 11.0 Å². The molecule has 1 aliphatic heterocycles. The van der Waals surface area contributed by atoms with Crippen LogP contribution in [-0.2, 0) is 11.0 Å². The highest BCUT2D eigenvalue weighted by molar-refractivity contribution is 5.84. The average molecular weight is 650 g/mol. The molecule has 14 heteroatoms. The summed E-state index contributed by atoms with van der Waals surface area (Å²) in [7, 11) is 5.80. The van der Waals surface area contributed by atoms with Gasteiger partial charge in [0.1, 0.15) is 5.69 Å². The highest BCUT2D eigenvalue weighted by atomic mass is 19.4. The first-order valence-electron chi connectivity index (χ1n) is 15.0. The third-order valence-electron chi connectivity index (χ3n) is 8.28. The summed E-state index contributed by atoms with van der Waals surface area (Å²) in [6.45, 7) is 4.54. The van der Waals surface area contributed by atoms with E-state index in [2.05, 4.69) is 10.4 Å². The SMILES string of the molecule is Cc1c(-c2ccnn2-c2ccc(C#N)cc2)n(C(=O)NC2(C)CCN(C(=O)C[N+](C)(C)C)CC2)c(=O)n1-c1cccc(C(F)(F)F)c1. The predicted molar refractivity (Wildman–Crippen MR) is 168 cm³/mol. The summed E-state index contributed by atoms with van der Waals surface area (Å²) in [5.41, 5.74) is -1.01. The number of carbonyl (C=O) groups excluding carboxylic acids is 2. The highest BCUT2D eigenvalue weighted by Crippen LogP contribution is 2.32. The van der Waals surface area contributed by atoms with Crippen LogP contribution in [0.25, 0.3) is 22.8 Å². The molecule has 5 rings (SSSR count). The molecule has 0 radical (unpaired) electrons. The van der Waals surface area contributed by atoms with Crippen molar-refractivity contribution in [3.63, 3.8) is 0 Å². The molecule has 1 saturated heterocycles. The number of quaternary nitrogens is 1. The number of nitrogens with zero attached hydrogens (tertiary/aromatic N) is 7. The fraction of sp³-hybridized carbons (Fsp3) is 0.364. The molecule has 2 aromatic heterocycles. The van der Waals surface area contributed by atoms with Crippen LogP contribution in [0.2, 0.25) is 0 Å². The second kappa shape index (κ2) is 12.2. The van der Waals surface area contributed by atoms with Crippen molar-refractivity contribution >= 4 is 11.9 Å². The van der Waals surface area contributed by atoms with Crippen LogP contribution in [0.4, 0.5) is 18.0 Å². The van der Waals surface area contributed by atoms with Crippen LogP contribution >= 0.6 is 0 Å². The molecule has 2 amide bonds. The Morgan fingerprint density at radius 3 is 2.30 bits per heavy atom. The fourth-order valence-corrected chi connectivity index (χ4v) is 5.78. The second-order valence-electron chi connectivity index (χ2n) is 13.0. The van der Waals surface area contributed by atoms with E-state index in [9.17, 15) is 32.8 Å². The van der Waals surface area contributed by atoms with E-state index in [1.165, 1.54) is 23.0 Å². The summed E-state index contributed by atoms with van der Waals surface area (Å²) in [5, 5.41) is 16.6. The lowest BCUT2D eigenvalue weighted by atomic mass is 9.89. The van der Waals surface area contributed by atoms with E-state index in [0.717, 1.165) is 21.3 Å². The summed E-state index contributed by atoms with van der Waals surface area (Å²) in [4.78, 5) is 42.8. The van der Waals surface area contributed by atoms with Crippen molar-refractivity contribution in [2.45, 2.75) is 38.4 Å². The van der Waals surface area contributed by atoms with Gasteiger partial charge in [-0.15, -0.1) is 0 Å². The molecule has 3 heterocycles. The number of hydrogen-bond donors (Lipinski definition) is 1. The molecule has 0 atom stereocenters. The zero-order valence-electron chi connectivity index (χ0n) is 26.8. The number of rotatable bonds is 6. The molecule has 1 aliphatic rings. The molecule has 0 bridgehead atoms. The van der Waals surface area contributed by atoms with E-state index in [0.29, 0.717) is 53.9 Å². The maximum atomic E-state index is 14.1. The lowest BCUT2D eigenvalue weighted by Gasteiger charge is -2.40. The molecule has 11 nitrogen and oxygen atoms in total. The normalized spacial score (nSPS) is 14.9. The number of imidazole rings is 1. The number of likely N-dealkylation sites (N-methyl/N-ethyl adjacent to an activating group) is 1. The molecule has 0 aliphatic carbocycles. The molecule has 246 valence electrons. The number of aromatic nitrogens is 4. The highest BCUT2D eigenvalue weighted by Gasteiger charge is 2.37. The second-order valence-corrected chi connectivity index (χ2v) is 13.0. The van der Waals surface area contributed by atoms with Crippen molar-refractivity contribution in [2.24, 2.45) is 0 Å². The molecular formula is C33H36F3N8O3+. The van der Waals surface area contributed by atoms with Gasteiger partial charge in [-0.2, -0.15) is 23.5 Å². The first kappa shape index (κ1) is 33.2. The van der Waals surface area contributed by atoms with Gasteiger partial charge >= 0.3 is 17.9 Å². The average Bonchev–Trinajstić information content (AvgIpc) is 3.57. The number of likely N-dealkylation sites (tertiary alicyclic amines) is 1. The van der Waals surface area contributed by atoms with Crippen molar-refractivity contribution in [1.82, 2.24) is 29.1 Å². The Bertz CT molecular complexity index is 1920. The zero-order valence-corrected chi connectivity index (χ0v) is 26.8. The Labute approximate surface area is 269 Å². The van der Waals surface area contributed by atoms with E-state index in [4.69, 9.17) is 0 Å². The van der Waals surface area contributed by atoms with Gasteiger partial charge in [0.2, 0.25) is 0 Å². The van der Waals surface area contributed by atoms with E-state index in [1.54, 1.807) is 42.2 Å². The number of amides is 2. The summed E-state index contributed by atoms with van der Waals surface area (Å²) in [6, 6.07) is 13.7. The predicted octanol–water partition coefficient (Wildman–Crippen LogP) is 4.34. The first-order valence-corrected chi connectivity index (χ1v) is 15.0. The number of hydrogen-bond acceptors (Lipinski definition) is 5. The van der Waals surface area contributed by atoms with Gasteiger partial charge in [-0.1, -0.05) is 6.07 Å².